The van der Waals surface area contributed by atoms with E-state index >= 15 is 0 Å². The Balaban J connectivity index is 2.27. The number of amides is 3. The molecule has 0 radical (unpaired) electrons. The number of carbonyl (C=O) groups is 4. The highest BCUT2D eigenvalue weighted by Crippen LogP contribution is 2.13. The van der Waals surface area contributed by atoms with Gasteiger partial charge < -0.3 is 48.5 Å². The van der Waals surface area contributed by atoms with Crippen molar-refractivity contribution in [2.24, 2.45) is 22.2 Å². The van der Waals surface area contributed by atoms with Crippen LogP contribution in [0.1, 0.15) is 30.9 Å². The Hall–Kier alpha value is -4.69. The largest absolute Gasteiger partial charge is 0.508 e. The van der Waals surface area contributed by atoms with Crippen molar-refractivity contribution in [3.8, 4) is 5.75 Å². The van der Waals surface area contributed by atoms with Crippen molar-refractivity contribution in [3.05, 3.63) is 65.7 Å². The van der Waals surface area contributed by atoms with Gasteiger partial charge in [-0.25, -0.2) is 4.79 Å². The minimum absolute atomic E-state index is 0.00522. The summed E-state index contributed by atoms with van der Waals surface area (Å²) < 4.78 is 0. The minimum Gasteiger partial charge on any atom is -0.508 e. The number of rotatable bonds is 16. The van der Waals surface area contributed by atoms with Crippen molar-refractivity contribution < 1.29 is 34.5 Å². The maximum absolute atomic E-state index is 13.6. The second-order valence-corrected chi connectivity index (χ2v) is 9.80. The van der Waals surface area contributed by atoms with Crippen LogP contribution in [0.3, 0.4) is 0 Å². The molecular formula is C28H39N7O7. The average Bonchev–Trinajstić information content (AvgIpc) is 2.94. The summed E-state index contributed by atoms with van der Waals surface area (Å²) in [5.74, 6) is -3.72. The van der Waals surface area contributed by atoms with Crippen LogP contribution in [0.4, 0.5) is 0 Å². The number of nitrogens with zero attached hydrogens (tertiary/aromatic N) is 1. The van der Waals surface area contributed by atoms with Gasteiger partial charge in [-0.15, -0.1) is 0 Å². The lowest BCUT2D eigenvalue weighted by atomic mass is 10.0. The van der Waals surface area contributed by atoms with Gasteiger partial charge in [0.2, 0.25) is 17.7 Å². The molecule has 0 saturated heterocycles. The lowest BCUT2D eigenvalue weighted by Crippen LogP contribution is -2.59. The number of nitrogens with two attached hydrogens (primary N) is 3. The molecule has 2 aromatic carbocycles. The topological polar surface area (TPSA) is 255 Å². The molecule has 42 heavy (non-hydrogen) atoms. The smallest absolute Gasteiger partial charge is 0.328 e. The zero-order chi connectivity index (χ0) is 31.2. The molecular weight excluding hydrogens is 546 g/mol. The molecule has 0 heterocycles. The summed E-state index contributed by atoms with van der Waals surface area (Å²) in [6.07, 6.45) is -0.785. The molecule has 228 valence electrons. The molecule has 5 atom stereocenters. The number of carboxylic acid groups (broad SMARTS) is 1. The van der Waals surface area contributed by atoms with E-state index in [4.69, 9.17) is 17.2 Å². The van der Waals surface area contributed by atoms with Gasteiger partial charge in [0.15, 0.2) is 12.0 Å². The molecule has 0 aromatic heterocycles. The van der Waals surface area contributed by atoms with Crippen molar-refractivity contribution in [3.63, 3.8) is 0 Å². The van der Waals surface area contributed by atoms with E-state index in [1.807, 2.05) is 0 Å². The predicted molar refractivity (Wildman–Crippen MR) is 155 cm³/mol. The van der Waals surface area contributed by atoms with Crippen LogP contribution in [-0.2, 0) is 32.0 Å². The summed E-state index contributed by atoms with van der Waals surface area (Å²) in [4.78, 5) is 55.1. The molecule has 14 heteroatoms. The fraction of sp³-hybridized carbons (Fsp3) is 0.393. The number of aliphatic carboxylic acids is 1. The average molecular weight is 586 g/mol. The van der Waals surface area contributed by atoms with E-state index in [0.717, 1.165) is 0 Å². The Kier molecular flexibility index (Phi) is 13.2. The molecule has 2 rings (SSSR count). The van der Waals surface area contributed by atoms with E-state index in [1.54, 1.807) is 42.5 Å². The van der Waals surface area contributed by atoms with Gasteiger partial charge in [-0.05, 0) is 43.0 Å². The molecule has 0 aliphatic carbocycles. The number of phenols is 1. The van der Waals surface area contributed by atoms with E-state index in [-0.39, 0.29) is 37.5 Å². The maximum Gasteiger partial charge on any atom is 0.328 e. The predicted octanol–water partition coefficient (Wildman–Crippen LogP) is -1.52. The van der Waals surface area contributed by atoms with Gasteiger partial charge in [-0.3, -0.25) is 19.4 Å². The van der Waals surface area contributed by atoms with Crippen LogP contribution in [0.2, 0.25) is 0 Å². The molecule has 14 nitrogen and oxygen atoms in total. The second kappa shape index (κ2) is 16.5. The van der Waals surface area contributed by atoms with Gasteiger partial charge in [-0.2, -0.15) is 0 Å². The number of carboxylic acids is 1. The molecule has 0 aliphatic rings. The summed E-state index contributed by atoms with van der Waals surface area (Å²) in [6.45, 7) is 1.48. The van der Waals surface area contributed by atoms with Gasteiger partial charge in [-0.1, -0.05) is 42.5 Å². The first-order chi connectivity index (χ1) is 19.9. The van der Waals surface area contributed by atoms with Crippen molar-refractivity contribution in [2.45, 2.75) is 62.9 Å². The zero-order valence-electron chi connectivity index (χ0n) is 23.3. The third-order valence-corrected chi connectivity index (χ3v) is 6.28. The van der Waals surface area contributed by atoms with Gasteiger partial charge in [0.1, 0.15) is 17.8 Å². The normalized spacial score (nSPS) is 14.4. The number of hydrogen-bond acceptors (Lipinski definition) is 8. The standard InChI is InChI=1S/C28H39N7O7/c1-16(36)23(27(41)42)35-26(40)22(14-17-6-3-2-4-7-17)34-25(39)21(15-18-9-11-19(37)12-10-18)33-24(38)20(29)8-5-13-32-28(30)31/h2-4,6-7,9-12,16,20-23,36-37H,5,8,13-15,29H2,1H3,(H,33,38)(H,34,39)(H,35,40)(H,41,42)(H4,30,31,32). The third kappa shape index (κ3) is 11.4. The highest BCUT2D eigenvalue weighted by molar-refractivity contribution is 5.94. The first-order valence-electron chi connectivity index (χ1n) is 13.3. The molecule has 0 fully saturated rings. The van der Waals surface area contributed by atoms with Crippen LogP contribution in [-0.4, -0.2) is 81.8 Å². The van der Waals surface area contributed by atoms with Gasteiger partial charge >= 0.3 is 5.97 Å². The summed E-state index contributed by atoms with van der Waals surface area (Å²) >= 11 is 0. The fourth-order valence-corrected chi connectivity index (χ4v) is 3.98. The molecule has 0 bridgehead atoms. The number of phenolic OH excluding ortho intramolecular Hbond substituents is 1. The van der Waals surface area contributed by atoms with Crippen molar-refractivity contribution in [2.75, 3.05) is 6.54 Å². The number of guanidine groups is 1. The number of aromatic hydroxyl groups is 1. The Morgan fingerprint density at radius 1 is 0.833 bits per heavy atom. The lowest BCUT2D eigenvalue weighted by molar-refractivity contribution is -0.145. The van der Waals surface area contributed by atoms with Crippen molar-refractivity contribution in [1.82, 2.24) is 16.0 Å². The maximum atomic E-state index is 13.6. The molecule has 0 spiro atoms. The lowest BCUT2D eigenvalue weighted by Gasteiger charge is -2.26. The minimum atomic E-state index is -1.61. The summed E-state index contributed by atoms with van der Waals surface area (Å²) in [5.41, 5.74) is 17.9. The van der Waals surface area contributed by atoms with Gasteiger partial charge in [0.05, 0.1) is 12.1 Å². The van der Waals surface area contributed by atoms with Crippen LogP contribution in [0.15, 0.2) is 59.6 Å². The first-order valence-corrected chi connectivity index (χ1v) is 13.3. The molecule has 12 N–H and O–H groups in total. The fourth-order valence-electron chi connectivity index (χ4n) is 3.98. The highest BCUT2D eigenvalue weighted by atomic mass is 16.4. The summed E-state index contributed by atoms with van der Waals surface area (Å²) in [5, 5.41) is 36.4. The van der Waals surface area contributed by atoms with E-state index < -0.39 is 54.0 Å². The molecule has 2 aromatic rings. The first kappa shape index (κ1) is 33.5. The number of aliphatic hydroxyl groups is 1. The Labute approximate surface area is 243 Å². The molecule has 5 unspecified atom stereocenters. The Bertz CT molecular complexity index is 1220. The molecule has 0 saturated carbocycles. The number of aliphatic imine (C=N–C) groups is 1. The highest BCUT2D eigenvalue weighted by Gasteiger charge is 2.32. The van der Waals surface area contributed by atoms with E-state index in [1.165, 1.54) is 19.1 Å². The van der Waals surface area contributed by atoms with Gasteiger partial charge in [0.25, 0.3) is 0 Å². The zero-order valence-corrected chi connectivity index (χ0v) is 23.3. The number of carbonyl (C=O) groups excluding carboxylic acids is 3. The summed E-state index contributed by atoms with van der Waals surface area (Å²) in [7, 11) is 0. The van der Waals surface area contributed by atoms with Crippen LogP contribution in [0, 0.1) is 0 Å². The van der Waals surface area contributed by atoms with Crippen LogP contribution >= 0.6 is 0 Å². The van der Waals surface area contributed by atoms with Crippen LogP contribution in [0.25, 0.3) is 0 Å². The quantitative estimate of drug-likeness (QED) is 0.0624. The SMILES string of the molecule is CC(O)C(NC(=O)C(Cc1ccccc1)NC(=O)C(Cc1ccc(O)cc1)NC(=O)C(N)CCCN=C(N)N)C(=O)O. The van der Waals surface area contributed by atoms with E-state index in [9.17, 15) is 34.5 Å². The van der Waals surface area contributed by atoms with Crippen molar-refractivity contribution >= 4 is 29.7 Å². The Morgan fingerprint density at radius 3 is 1.88 bits per heavy atom. The molecule has 0 aliphatic heterocycles. The summed E-state index contributed by atoms with van der Waals surface area (Å²) in [6, 6.07) is 9.67. The van der Waals surface area contributed by atoms with E-state index in [0.29, 0.717) is 17.5 Å². The van der Waals surface area contributed by atoms with Crippen molar-refractivity contribution in [1.29, 1.82) is 0 Å². The van der Waals surface area contributed by atoms with Crippen LogP contribution in [0.5, 0.6) is 5.75 Å². The number of benzene rings is 2. The number of aliphatic hydroxyl groups excluding tert-OH is 1. The number of hydrogen-bond donors (Lipinski definition) is 9. The third-order valence-electron chi connectivity index (χ3n) is 6.28. The number of nitrogens with one attached hydrogen (secondary N) is 3. The van der Waals surface area contributed by atoms with Gasteiger partial charge in [0, 0.05) is 19.4 Å². The van der Waals surface area contributed by atoms with Crippen LogP contribution < -0.4 is 33.2 Å². The monoisotopic (exact) mass is 585 g/mol. The Morgan fingerprint density at radius 2 is 1.36 bits per heavy atom. The second-order valence-electron chi connectivity index (χ2n) is 9.80. The molecule has 3 amide bonds. The van der Waals surface area contributed by atoms with E-state index in [2.05, 4.69) is 20.9 Å².